The van der Waals surface area contributed by atoms with Crippen molar-refractivity contribution >= 4 is 29.1 Å². The summed E-state index contributed by atoms with van der Waals surface area (Å²) in [7, 11) is 1.65. The summed E-state index contributed by atoms with van der Waals surface area (Å²) < 4.78 is 5.20. The molecule has 126 valence electrons. The predicted octanol–water partition coefficient (Wildman–Crippen LogP) is 4.92. The Bertz CT molecular complexity index is 771. The number of carbonyl (C=O) groups excluding carboxylic acids is 1. The first-order valence-corrected chi connectivity index (χ1v) is 8.50. The lowest BCUT2D eigenvalue weighted by atomic mass is 10.0. The quantitative estimate of drug-likeness (QED) is 0.836. The molecule has 0 heterocycles. The van der Waals surface area contributed by atoms with Crippen LogP contribution in [0, 0.1) is 5.41 Å². The lowest BCUT2D eigenvalue weighted by molar-refractivity contribution is 0.0946. The van der Waals surface area contributed by atoms with Gasteiger partial charge in [0, 0.05) is 17.5 Å². The summed E-state index contributed by atoms with van der Waals surface area (Å²) in [6.07, 6.45) is 0. The van der Waals surface area contributed by atoms with Gasteiger partial charge in [-0.2, -0.15) is 0 Å². The molecule has 3 nitrogen and oxygen atoms in total. The van der Waals surface area contributed by atoms with Gasteiger partial charge >= 0.3 is 0 Å². The third kappa shape index (κ3) is 3.11. The zero-order valence-electron chi connectivity index (χ0n) is 13.8. The fourth-order valence-electron chi connectivity index (χ4n) is 3.20. The van der Waals surface area contributed by atoms with Crippen molar-refractivity contribution in [3.63, 3.8) is 0 Å². The van der Waals surface area contributed by atoms with Gasteiger partial charge < -0.3 is 10.1 Å². The number of benzene rings is 2. The Morgan fingerprint density at radius 2 is 1.75 bits per heavy atom. The first-order chi connectivity index (χ1) is 11.3. The zero-order chi connectivity index (χ0) is 17.5. The zero-order valence-corrected chi connectivity index (χ0v) is 15.3. The van der Waals surface area contributed by atoms with Crippen LogP contribution in [0.4, 0.5) is 0 Å². The van der Waals surface area contributed by atoms with Crippen molar-refractivity contribution < 1.29 is 9.53 Å². The van der Waals surface area contributed by atoms with E-state index in [9.17, 15) is 4.79 Å². The molecular weight excluding hydrogens is 345 g/mol. The Morgan fingerprint density at radius 3 is 2.33 bits per heavy atom. The van der Waals surface area contributed by atoms with E-state index in [4.69, 9.17) is 27.9 Å². The molecule has 1 amide bonds. The van der Waals surface area contributed by atoms with Gasteiger partial charge in [0.2, 0.25) is 0 Å². The Kier molecular flexibility index (Phi) is 4.50. The summed E-state index contributed by atoms with van der Waals surface area (Å²) >= 11 is 11.9. The van der Waals surface area contributed by atoms with Gasteiger partial charge in [-0.1, -0.05) is 49.2 Å². The molecule has 2 atom stereocenters. The molecule has 0 saturated heterocycles. The second-order valence-corrected chi connectivity index (χ2v) is 7.47. The highest BCUT2D eigenvalue weighted by Crippen LogP contribution is 2.58. The smallest absolute Gasteiger partial charge is 0.251 e. The minimum absolute atomic E-state index is 0.000465. The maximum Gasteiger partial charge on any atom is 0.251 e. The second-order valence-electron chi connectivity index (χ2n) is 6.65. The second kappa shape index (κ2) is 6.30. The van der Waals surface area contributed by atoms with Gasteiger partial charge in [-0.3, -0.25) is 4.79 Å². The van der Waals surface area contributed by atoms with E-state index < -0.39 is 0 Å². The van der Waals surface area contributed by atoms with Crippen LogP contribution in [0.1, 0.15) is 35.7 Å². The average Bonchev–Trinajstić information content (AvgIpc) is 3.10. The summed E-state index contributed by atoms with van der Waals surface area (Å²) in [5.74, 6) is 0.964. The number of nitrogens with one attached hydrogen (secondary N) is 1. The molecule has 1 N–H and O–H groups in total. The number of methoxy groups -OCH3 is 1. The average molecular weight is 364 g/mol. The predicted molar refractivity (Wildman–Crippen MR) is 97.2 cm³/mol. The van der Waals surface area contributed by atoms with Crippen molar-refractivity contribution in [3.05, 3.63) is 63.6 Å². The third-order valence-corrected chi connectivity index (χ3v) is 5.51. The number of hydrogen-bond donors (Lipinski definition) is 1. The van der Waals surface area contributed by atoms with Crippen LogP contribution in [0.5, 0.6) is 5.75 Å². The largest absolute Gasteiger partial charge is 0.497 e. The molecule has 1 saturated carbocycles. The number of amides is 1. The van der Waals surface area contributed by atoms with Crippen molar-refractivity contribution in [2.75, 3.05) is 7.11 Å². The highest BCUT2D eigenvalue weighted by Gasteiger charge is 2.59. The van der Waals surface area contributed by atoms with E-state index in [1.165, 1.54) is 5.56 Å². The molecule has 1 aliphatic rings. The summed E-state index contributed by atoms with van der Waals surface area (Å²) in [5.41, 5.74) is 1.71. The van der Waals surface area contributed by atoms with Crippen LogP contribution in [0.2, 0.25) is 10.0 Å². The van der Waals surface area contributed by atoms with E-state index in [0.29, 0.717) is 15.6 Å². The minimum Gasteiger partial charge on any atom is -0.497 e. The Labute approximate surface area is 151 Å². The van der Waals surface area contributed by atoms with E-state index in [1.807, 2.05) is 12.1 Å². The molecule has 24 heavy (non-hydrogen) atoms. The monoisotopic (exact) mass is 363 g/mol. The molecule has 0 aromatic heterocycles. The van der Waals surface area contributed by atoms with Gasteiger partial charge in [-0.05, 0) is 41.3 Å². The molecular formula is C19H19Cl2NO2. The van der Waals surface area contributed by atoms with Gasteiger partial charge in [-0.15, -0.1) is 0 Å². The summed E-state index contributed by atoms with van der Waals surface area (Å²) in [6.45, 7) is 4.31. The topological polar surface area (TPSA) is 38.3 Å². The van der Waals surface area contributed by atoms with Crippen molar-refractivity contribution in [1.82, 2.24) is 5.32 Å². The van der Waals surface area contributed by atoms with Crippen LogP contribution in [0.3, 0.4) is 0 Å². The SMILES string of the molecule is COc1ccc([C@@H]2[C@@H](NC(=O)c3ccc(Cl)c(Cl)c3)C2(C)C)cc1. The first kappa shape index (κ1) is 17.1. The summed E-state index contributed by atoms with van der Waals surface area (Å²) in [6, 6.07) is 13.0. The lowest BCUT2D eigenvalue weighted by Gasteiger charge is -2.07. The van der Waals surface area contributed by atoms with E-state index in [2.05, 4.69) is 31.3 Å². The van der Waals surface area contributed by atoms with E-state index in [-0.39, 0.29) is 23.3 Å². The molecule has 1 aliphatic carbocycles. The molecule has 3 rings (SSSR count). The molecule has 2 aromatic rings. The number of carbonyl (C=O) groups is 1. The summed E-state index contributed by atoms with van der Waals surface area (Å²) in [5, 5.41) is 3.93. The fourth-order valence-corrected chi connectivity index (χ4v) is 3.50. The van der Waals surface area contributed by atoms with Crippen LogP contribution in [-0.4, -0.2) is 19.1 Å². The highest BCUT2D eigenvalue weighted by molar-refractivity contribution is 6.42. The molecule has 5 heteroatoms. The lowest BCUT2D eigenvalue weighted by Crippen LogP contribution is -2.28. The molecule has 0 aliphatic heterocycles. The molecule has 0 radical (unpaired) electrons. The number of hydrogen-bond acceptors (Lipinski definition) is 2. The Hall–Kier alpha value is -1.71. The Morgan fingerprint density at radius 1 is 1.08 bits per heavy atom. The van der Waals surface area contributed by atoms with Gasteiger partial charge in [0.1, 0.15) is 5.75 Å². The van der Waals surface area contributed by atoms with Gasteiger partial charge in [-0.25, -0.2) is 0 Å². The highest BCUT2D eigenvalue weighted by atomic mass is 35.5. The standard InChI is InChI=1S/C19H19Cl2NO2/c1-19(2)16(11-4-7-13(24-3)8-5-11)17(19)22-18(23)12-6-9-14(20)15(21)10-12/h4-10,16-17H,1-3H3,(H,22,23)/t16-,17-/m1/s1. The number of rotatable bonds is 4. The molecule has 0 spiro atoms. The van der Waals surface area contributed by atoms with E-state index in [1.54, 1.807) is 25.3 Å². The molecule has 2 aromatic carbocycles. The van der Waals surface area contributed by atoms with E-state index in [0.717, 1.165) is 5.75 Å². The van der Waals surface area contributed by atoms with Crippen molar-refractivity contribution in [1.29, 1.82) is 0 Å². The van der Waals surface area contributed by atoms with Crippen LogP contribution >= 0.6 is 23.2 Å². The van der Waals surface area contributed by atoms with Gasteiger partial charge in [0.15, 0.2) is 0 Å². The van der Waals surface area contributed by atoms with E-state index >= 15 is 0 Å². The number of halogens is 2. The maximum absolute atomic E-state index is 12.5. The third-order valence-electron chi connectivity index (χ3n) is 4.77. The van der Waals surface area contributed by atoms with Crippen LogP contribution in [0.25, 0.3) is 0 Å². The Balaban J connectivity index is 1.74. The van der Waals surface area contributed by atoms with Crippen molar-refractivity contribution in [2.45, 2.75) is 25.8 Å². The van der Waals surface area contributed by atoms with Gasteiger partial charge in [0.05, 0.1) is 17.2 Å². The molecule has 0 bridgehead atoms. The number of ether oxygens (including phenoxy) is 1. The molecule has 0 unspecified atom stereocenters. The minimum atomic E-state index is -0.136. The summed E-state index contributed by atoms with van der Waals surface area (Å²) in [4.78, 5) is 12.5. The van der Waals surface area contributed by atoms with Crippen LogP contribution in [-0.2, 0) is 0 Å². The first-order valence-electron chi connectivity index (χ1n) is 7.74. The maximum atomic E-state index is 12.5. The fraction of sp³-hybridized carbons (Fsp3) is 0.316. The van der Waals surface area contributed by atoms with Crippen molar-refractivity contribution in [2.24, 2.45) is 5.41 Å². The van der Waals surface area contributed by atoms with Gasteiger partial charge in [0.25, 0.3) is 5.91 Å². The van der Waals surface area contributed by atoms with Crippen LogP contribution in [0.15, 0.2) is 42.5 Å². The molecule has 1 fully saturated rings. The normalized spacial score (nSPS) is 21.2. The van der Waals surface area contributed by atoms with Crippen molar-refractivity contribution in [3.8, 4) is 5.75 Å². The van der Waals surface area contributed by atoms with Crippen LogP contribution < -0.4 is 10.1 Å².